The molecule has 6 nitrogen and oxygen atoms in total. The summed E-state index contributed by atoms with van der Waals surface area (Å²) >= 11 is 1.05. The molecule has 0 aromatic carbocycles. The van der Waals surface area contributed by atoms with Crippen molar-refractivity contribution in [3.05, 3.63) is 10.6 Å². The van der Waals surface area contributed by atoms with Crippen LogP contribution >= 0.6 is 11.5 Å². The number of carbonyl (C=O) groups excluding carboxylic acids is 1. The van der Waals surface area contributed by atoms with Crippen LogP contribution in [0.4, 0.5) is 0 Å². The van der Waals surface area contributed by atoms with Crippen molar-refractivity contribution >= 4 is 17.4 Å². The number of hydrogen-bond acceptors (Lipinski definition) is 6. The lowest BCUT2D eigenvalue weighted by Crippen LogP contribution is -2.41. The second-order valence-corrected chi connectivity index (χ2v) is 4.86. The fraction of sp³-hybridized carbons (Fsp3) is 0.700. The molecule has 1 heterocycles. The van der Waals surface area contributed by atoms with E-state index in [-0.39, 0.29) is 12.5 Å². The molecule has 7 heteroatoms. The van der Waals surface area contributed by atoms with Crippen molar-refractivity contribution in [1.82, 2.24) is 14.9 Å². The lowest BCUT2D eigenvalue weighted by molar-refractivity contribution is 0.0244. The first-order valence-corrected chi connectivity index (χ1v) is 6.02. The van der Waals surface area contributed by atoms with Gasteiger partial charge in [0.15, 0.2) is 0 Å². The van der Waals surface area contributed by atoms with Crippen LogP contribution in [-0.2, 0) is 4.74 Å². The normalized spacial score (nSPS) is 14.4. The molecule has 0 bridgehead atoms. The zero-order valence-corrected chi connectivity index (χ0v) is 11.0. The Morgan fingerprint density at radius 1 is 1.65 bits per heavy atom. The Hall–Kier alpha value is -1.05. The van der Waals surface area contributed by atoms with Gasteiger partial charge >= 0.3 is 0 Å². The van der Waals surface area contributed by atoms with Crippen molar-refractivity contribution in [2.24, 2.45) is 0 Å². The van der Waals surface area contributed by atoms with Crippen LogP contribution in [0.3, 0.4) is 0 Å². The van der Waals surface area contributed by atoms with E-state index < -0.39 is 5.60 Å². The Balaban J connectivity index is 2.45. The summed E-state index contributed by atoms with van der Waals surface area (Å²) in [4.78, 5) is 12.2. The summed E-state index contributed by atoms with van der Waals surface area (Å²) < 4.78 is 8.57. The van der Waals surface area contributed by atoms with E-state index in [1.807, 2.05) is 0 Å². The molecule has 0 aliphatic carbocycles. The van der Waals surface area contributed by atoms with E-state index in [0.717, 1.165) is 11.5 Å². The molecule has 1 rings (SSSR count). The first-order chi connectivity index (χ1) is 7.96. The average Bonchev–Trinajstić information content (AvgIpc) is 2.70. The minimum absolute atomic E-state index is 0.173. The molecule has 17 heavy (non-hydrogen) atoms. The molecule has 1 amide bonds. The summed E-state index contributed by atoms with van der Waals surface area (Å²) in [7, 11) is 1.57. The number of amides is 1. The van der Waals surface area contributed by atoms with E-state index >= 15 is 0 Å². The Bertz CT molecular complexity index is 379. The van der Waals surface area contributed by atoms with Gasteiger partial charge in [0, 0.05) is 26.7 Å². The van der Waals surface area contributed by atoms with Crippen LogP contribution in [0.5, 0.6) is 0 Å². The lowest BCUT2D eigenvalue weighted by Gasteiger charge is -2.22. The molecule has 2 N–H and O–H groups in total. The van der Waals surface area contributed by atoms with Gasteiger partial charge in [-0.3, -0.25) is 4.79 Å². The maximum Gasteiger partial charge on any atom is 0.265 e. The zero-order valence-electron chi connectivity index (χ0n) is 10.2. The fourth-order valence-corrected chi connectivity index (χ4v) is 1.77. The molecular weight excluding hydrogens is 242 g/mol. The molecule has 1 aromatic rings. The second kappa shape index (κ2) is 6.04. The number of aromatic nitrogens is 2. The number of hydrogen-bond donors (Lipinski definition) is 2. The number of ether oxygens (including phenoxy) is 1. The van der Waals surface area contributed by atoms with Gasteiger partial charge in [-0.2, -0.15) is 0 Å². The van der Waals surface area contributed by atoms with Gasteiger partial charge in [0.25, 0.3) is 5.91 Å². The SMILES string of the molecule is COCCC(C)(O)CNC(=O)c1snnc1C. The molecule has 0 aliphatic rings. The van der Waals surface area contributed by atoms with Gasteiger partial charge in [0.05, 0.1) is 11.3 Å². The smallest absolute Gasteiger partial charge is 0.265 e. The Labute approximate surface area is 104 Å². The van der Waals surface area contributed by atoms with E-state index in [2.05, 4.69) is 14.9 Å². The Morgan fingerprint density at radius 3 is 2.88 bits per heavy atom. The monoisotopic (exact) mass is 259 g/mol. The summed E-state index contributed by atoms with van der Waals surface area (Å²) in [5.74, 6) is -0.254. The van der Waals surface area contributed by atoms with Gasteiger partial charge in [-0.25, -0.2) is 0 Å². The number of aliphatic hydroxyl groups is 1. The predicted molar refractivity (Wildman–Crippen MR) is 64.1 cm³/mol. The third-order valence-electron chi connectivity index (χ3n) is 2.33. The van der Waals surface area contributed by atoms with Crippen molar-refractivity contribution in [3.63, 3.8) is 0 Å². The lowest BCUT2D eigenvalue weighted by atomic mass is 10.0. The molecule has 96 valence electrons. The number of nitrogens with one attached hydrogen (secondary N) is 1. The maximum absolute atomic E-state index is 11.7. The number of methoxy groups -OCH3 is 1. The van der Waals surface area contributed by atoms with Crippen LogP contribution in [0.1, 0.15) is 28.7 Å². The van der Waals surface area contributed by atoms with Gasteiger partial charge in [-0.1, -0.05) is 4.49 Å². The average molecular weight is 259 g/mol. The molecule has 0 saturated carbocycles. The van der Waals surface area contributed by atoms with Crippen LogP contribution < -0.4 is 5.32 Å². The summed E-state index contributed by atoms with van der Waals surface area (Å²) in [6.07, 6.45) is 0.462. The quantitative estimate of drug-likeness (QED) is 0.770. The molecule has 0 fully saturated rings. The fourth-order valence-electron chi connectivity index (χ4n) is 1.20. The Morgan fingerprint density at radius 2 is 2.35 bits per heavy atom. The summed E-state index contributed by atoms with van der Waals surface area (Å²) in [6.45, 7) is 4.00. The first-order valence-electron chi connectivity index (χ1n) is 5.25. The van der Waals surface area contributed by atoms with Crippen LogP contribution in [-0.4, -0.2) is 46.5 Å². The van der Waals surface area contributed by atoms with Crippen LogP contribution in [0.25, 0.3) is 0 Å². The van der Waals surface area contributed by atoms with Gasteiger partial charge in [-0.05, 0) is 25.4 Å². The van der Waals surface area contributed by atoms with Gasteiger partial charge < -0.3 is 15.2 Å². The van der Waals surface area contributed by atoms with Crippen LogP contribution in [0, 0.1) is 6.92 Å². The summed E-state index contributed by atoms with van der Waals surface area (Å²) in [6, 6.07) is 0. The molecular formula is C10H17N3O3S. The van der Waals surface area contributed by atoms with Crippen molar-refractivity contribution in [3.8, 4) is 0 Å². The number of aryl methyl sites for hydroxylation is 1. The molecule has 0 spiro atoms. The van der Waals surface area contributed by atoms with E-state index in [0.29, 0.717) is 23.6 Å². The molecule has 0 aliphatic heterocycles. The second-order valence-electron chi connectivity index (χ2n) is 4.11. The zero-order chi connectivity index (χ0) is 12.9. The molecule has 1 atom stereocenters. The van der Waals surface area contributed by atoms with E-state index in [9.17, 15) is 9.90 Å². The van der Waals surface area contributed by atoms with E-state index in [1.165, 1.54) is 0 Å². The predicted octanol–water partition coefficient (Wildman–Crippen LogP) is 0.364. The minimum Gasteiger partial charge on any atom is -0.388 e. The number of carbonyl (C=O) groups is 1. The third kappa shape index (κ3) is 4.37. The van der Waals surface area contributed by atoms with Crippen molar-refractivity contribution in [2.45, 2.75) is 25.9 Å². The number of nitrogens with zero attached hydrogens (tertiary/aromatic N) is 2. The molecule has 1 aromatic heterocycles. The van der Waals surface area contributed by atoms with Crippen molar-refractivity contribution in [1.29, 1.82) is 0 Å². The highest BCUT2D eigenvalue weighted by Crippen LogP contribution is 2.11. The van der Waals surface area contributed by atoms with Crippen molar-refractivity contribution < 1.29 is 14.6 Å². The third-order valence-corrected chi connectivity index (χ3v) is 3.16. The van der Waals surface area contributed by atoms with Crippen molar-refractivity contribution in [2.75, 3.05) is 20.3 Å². The molecule has 0 saturated heterocycles. The highest BCUT2D eigenvalue weighted by atomic mass is 32.1. The highest BCUT2D eigenvalue weighted by Gasteiger charge is 2.22. The largest absolute Gasteiger partial charge is 0.388 e. The van der Waals surface area contributed by atoms with E-state index in [1.54, 1.807) is 21.0 Å². The summed E-state index contributed by atoms with van der Waals surface area (Å²) in [5, 5.41) is 16.4. The van der Waals surface area contributed by atoms with Gasteiger partial charge in [-0.15, -0.1) is 5.10 Å². The van der Waals surface area contributed by atoms with Crippen LogP contribution in [0.15, 0.2) is 0 Å². The highest BCUT2D eigenvalue weighted by molar-refractivity contribution is 7.07. The summed E-state index contributed by atoms with van der Waals surface area (Å²) in [5.41, 5.74) is -0.374. The molecule has 1 unspecified atom stereocenters. The topological polar surface area (TPSA) is 84.3 Å². The van der Waals surface area contributed by atoms with Gasteiger partial charge in [0.1, 0.15) is 4.88 Å². The minimum atomic E-state index is -0.975. The standard InChI is InChI=1S/C10H17N3O3S/c1-7-8(17-13-12-7)9(14)11-6-10(2,15)4-5-16-3/h15H,4-6H2,1-3H3,(H,11,14). The first kappa shape index (κ1) is 14.0. The maximum atomic E-state index is 11.7. The Kier molecular flexibility index (Phi) is 4.98. The number of rotatable bonds is 6. The van der Waals surface area contributed by atoms with Crippen LogP contribution in [0.2, 0.25) is 0 Å². The van der Waals surface area contributed by atoms with E-state index in [4.69, 9.17) is 4.74 Å². The molecule has 0 radical (unpaired) electrons. The van der Waals surface area contributed by atoms with Gasteiger partial charge in [0.2, 0.25) is 0 Å².